The van der Waals surface area contributed by atoms with Crippen molar-refractivity contribution >= 4 is 53.2 Å². The van der Waals surface area contributed by atoms with Crippen molar-refractivity contribution in [1.29, 1.82) is 0 Å². The number of rotatable bonds is 33. The lowest BCUT2D eigenvalue weighted by Gasteiger charge is -2.23. The molecule has 3 aromatic heterocycles. The zero-order valence-corrected chi connectivity index (χ0v) is 47.8. The van der Waals surface area contributed by atoms with Gasteiger partial charge in [-0.25, -0.2) is 0 Å². The number of carbonyl (C=O) groups is 9. The Hall–Kier alpha value is -8.77. The second-order valence-electron chi connectivity index (χ2n) is 19.4. The molecule has 0 saturated heterocycles. The Kier molecular flexibility index (Phi) is 27.2. The molecule has 3 rings (SSSR count). The maximum absolute atomic E-state index is 12.8. The van der Waals surface area contributed by atoms with Crippen LogP contribution in [0.4, 0.5) is 0 Å². The molecule has 0 aromatic carbocycles. The fourth-order valence-electron chi connectivity index (χ4n) is 7.62. The standard InChI is InChI=1S/C51H78N16O15/c1-28-34(7)65(80)49(77)37(58-28)10-13-43(71)61-31(4)46(74)55-19-16-40(68)52-22-25-64(26-23-53-41(69)17-20-56-47(75)32(5)62-44(72)14-11-38-50(78)66(81)35(8)29(2)59-38)27-24-54-42(70)18-21-57-48(76)33(6)63-45(73)15-12-39-51(79)67(82)36(9)30(3)60-39/h31-33,80-82H,10-27H2,1-9H3,(H,52,68)(H,53,69)(H,54,70)(H,55,74)(H,56,75)(H,57,76)(H,61,71)(H,62,72)(H,63,73)/t31-,32-,33+/m0/s1. The highest BCUT2D eigenvalue weighted by Crippen LogP contribution is 2.06. The molecule has 0 fully saturated rings. The lowest BCUT2D eigenvalue weighted by molar-refractivity contribution is -0.128. The van der Waals surface area contributed by atoms with E-state index in [-0.39, 0.29) is 151 Å². The van der Waals surface area contributed by atoms with Crippen molar-refractivity contribution in [2.24, 2.45) is 0 Å². The Balaban J connectivity index is 1.44. The van der Waals surface area contributed by atoms with Gasteiger partial charge in [0.15, 0.2) is 0 Å². The topological polar surface area (TPSA) is 430 Å². The van der Waals surface area contributed by atoms with Crippen LogP contribution >= 0.6 is 0 Å². The van der Waals surface area contributed by atoms with Crippen LogP contribution in [0.25, 0.3) is 0 Å². The van der Waals surface area contributed by atoms with E-state index in [1.54, 1.807) is 20.8 Å². The molecule has 452 valence electrons. The molecular weight excluding hydrogens is 1080 g/mol. The molecule has 82 heavy (non-hydrogen) atoms. The van der Waals surface area contributed by atoms with Gasteiger partial charge in [-0.15, -0.1) is 14.2 Å². The summed E-state index contributed by atoms with van der Waals surface area (Å²) in [6.45, 7) is 14.6. The maximum Gasteiger partial charge on any atom is 0.304 e. The maximum atomic E-state index is 12.8. The van der Waals surface area contributed by atoms with Crippen molar-refractivity contribution in [3.8, 4) is 0 Å². The fourth-order valence-corrected chi connectivity index (χ4v) is 7.62. The van der Waals surface area contributed by atoms with Crippen molar-refractivity contribution in [3.63, 3.8) is 0 Å². The van der Waals surface area contributed by atoms with E-state index < -0.39 is 88.0 Å². The number of hydrogen-bond donors (Lipinski definition) is 12. The number of amides is 9. The highest BCUT2D eigenvalue weighted by molar-refractivity contribution is 5.89. The van der Waals surface area contributed by atoms with Crippen LogP contribution in [0, 0.1) is 41.5 Å². The predicted molar refractivity (Wildman–Crippen MR) is 292 cm³/mol. The van der Waals surface area contributed by atoms with Crippen LogP contribution in [0.2, 0.25) is 0 Å². The molecule has 0 aliphatic rings. The molecule has 3 atom stereocenters. The van der Waals surface area contributed by atoms with Gasteiger partial charge in [0.2, 0.25) is 53.2 Å². The summed E-state index contributed by atoms with van der Waals surface area (Å²) in [5.41, 5.74) is -0.222. The first-order valence-corrected chi connectivity index (χ1v) is 26.7. The summed E-state index contributed by atoms with van der Waals surface area (Å²) in [6.07, 6.45) is -1.12. The van der Waals surface area contributed by atoms with E-state index in [1.807, 2.05) is 4.90 Å². The molecule has 31 heteroatoms. The van der Waals surface area contributed by atoms with Gasteiger partial charge < -0.3 is 63.5 Å². The van der Waals surface area contributed by atoms with E-state index in [4.69, 9.17) is 0 Å². The van der Waals surface area contributed by atoms with Crippen LogP contribution in [0.15, 0.2) is 14.4 Å². The molecule has 3 aromatic rings. The van der Waals surface area contributed by atoms with Crippen LogP contribution < -0.4 is 64.5 Å². The Morgan fingerprint density at radius 1 is 0.390 bits per heavy atom. The average Bonchev–Trinajstić information content (AvgIpc) is 3.52. The number of nitrogens with zero attached hydrogens (tertiary/aromatic N) is 7. The van der Waals surface area contributed by atoms with Gasteiger partial charge >= 0.3 is 16.7 Å². The molecule has 9 amide bonds. The monoisotopic (exact) mass is 1150 g/mol. The molecule has 31 nitrogen and oxygen atoms in total. The molecular formula is C51H78N16O15. The summed E-state index contributed by atoms with van der Waals surface area (Å²) in [5, 5.41) is 53.4. The molecule has 0 spiro atoms. The first-order chi connectivity index (χ1) is 38.6. The first kappa shape index (κ1) is 67.5. The minimum Gasteiger partial charge on any atom is -0.425 e. The molecule has 0 radical (unpaired) electrons. The largest absolute Gasteiger partial charge is 0.425 e. The van der Waals surface area contributed by atoms with Crippen molar-refractivity contribution in [2.75, 3.05) is 58.9 Å². The molecule has 0 aliphatic carbocycles. The third-order valence-electron chi connectivity index (χ3n) is 13.0. The minimum absolute atomic E-state index is 0.0110. The molecule has 0 saturated carbocycles. The summed E-state index contributed by atoms with van der Waals surface area (Å²) in [5.74, 6) is -4.57. The van der Waals surface area contributed by atoms with E-state index >= 15 is 0 Å². The van der Waals surface area contributed by atoms with E-state index in [1.165, 1.54) is 41.5 Å². The van der Waals surface area contributed by atoms with Gasteiger partial charge in [0.25, 0.3) is 0 Å². The summed E-state index contributed by atoms with van der Waals surface area (Å²) in [6, 6.07) is -2.94. The van der Waals surface area contributed by atoms with E-state index in [2.05, 4.69) is 62.8 Å². The van der Waals surface area contributed by atoms with E-state index in [0.29, 0.717) is 31.3 Å². The van der Waals surface area contributed by atoms with Crippen molar-refractivity contribution in [1.82, 2.24) is 81.9 Å². The van der Waals surface area contributed by atoms with Gasteiger partial charge in [-0.1, -0.05) is 0 Å². The van der Waals surface area contributed by atoms with Gasteiger partial charge in [0.1, 0.15) is 35.2 Å². The van der Waals surface area contributed by atoms with E-state index in [0.717, 1.165) is 0 Å². The Bertz CT molecular complexity index is 2680. The van der Waals surface area contributed by atoms with Gasteiger partial charge in [-0.3, -0.25) is 77.4 Å². The minimum atomic E-state index is -0.981. The molecule has 0 bridgehead atoms. The summed E-state index contributed by atoms with van der Waals surface area (Å²) < 4.78 is 1.40. The van der Waals surface area contributed by atoms with Crippen LogP contribution in [0.1, 0.15) is 111 Å². The Morgan fingerprint density at radius 3 is 0.878 bits per heavy atom. The Morgan fingerprint density at radius 2 is 0.634 bits per heavy atom. The normalized spacial score (nSPS) is 12.1. The third kappa shape index (κ3) is 22.0. The second kappa shape index (κ2) is 33.1. The highest BCUT2D eigenvalue weighted by Gasteiger charge is 2.22. The predicted octanol–water partition coefficient (Wildman–Crippen LogP) is -4.20. The van der Waals surface area contributed by atoms with Gasteiger partial charge in [-0.2, -0.15) is 0 Å². The smallest absolute Gasteiger partial charge is 0.304 e. The molecule has 0 unspecified atom stereocenters. The summed E-state index contributed by atoms with van der Waals surface area (Å²) in [7, 11) is 0. The number of carbonyl (C=O) groups excluding carboxylic acids is 9. The average molecular weight is 1160 g/mol. The Labute approximate surface area is 472 Å². The second-order valence-corrected chi connectivity index (χ2v) is 19.4. The van der Waals surface area contributed by atoms with Crippen LogP contribution in [0.5, 0.6) is 0 Å². The fraction of sp³-hybridized carbons (Fsp3) is 0.588. The van der Waals surface area contributed by atoms with Crippen molar-refractivity contribution < 1.29 is 58.8 Å². The number of hydrogen-bond acceptors (Lipinski definition) is 19. The van der Waals surface area contributed by atoms with Crippen LogP contribution in [0.3, 0.4) is 0 Å². The van der Waals surface area contributed by atoms with E-state index in [9.17, 15) is 73.2 Å². The molecule has 3 heterocycles. The SMILES string of the molecule is Cc1nc(CCC(=O)N[C@@H](C)C(=O)NCCC(=O)NCCN(CCNC(=O)CCNC(=O)[C@H](C)NC(=O)CCc2nc(C)c(C)n(O)c2=O)CCNC(=O)CCNC(=O)[C@@H](C)NC(=O)CCc2nc(C)c(C)n(O)c2=O)c(=O)n(O)c1C. The van der Waals surface area contributed by atoms with Gasteiger partial charge in [0.05, 0.1) is 34.2 Å². The first-order valence-electron chi connectivity index (χ1n) is 26.7. The third-order valence-corrected chi connectivity index (χ3v) is 13.0. The molecule has 0 aliphatic heterocycles. The zero-order chi connectivity index (χ0) is 61.4. The van der Waals surface area contributed by atoms with Crippen LogP contribution in [-0.2, 0) is 62.4 Å². The molecule has 12 N–H and O–H groups in total. The lowest BCUT2D eigenvalue weighted by atomic mass is 10.2. The summed E-state index contributed by atoms with van der Waals surface area (Å²) >= 11 is 0. The highest BCUT2D eigenvalue weighted by atomic mass is 16.5. The van der Waals surface area contributed by atoms with Crippen LogP contribution in [-0.4, -0.2) is 180 Å². The number of aromatic nitrogens is 6. The van der Waals surface area contributed by atoms with Crippen molar-refractivity contribution in [2.45, 2.75) is 138 Å². The number of aryl methyl sites for hydroxylation is 6. The van der Waals surface area contributed by atoms with Crippen molar-refractivity contribution in [3.05, 3.63) is 82.3 Å². The zero-order valence-electron chi connectivity index (χ0n) is 47.8. The quantitative estimate of drug-likeness (QED) is 0.0257. The number of nitrogens with one attached hydrogen (secondary N) is 9. The van der Waals surface area contributed by atoms with Gasteiger partial charge in [-0.05, 0) is 62.3 Å². The van der Waals surface area contributed by atoms with Gasteiger partial charge in [0, 0.05) is 117 Å². The summed E-state index contributed by atoms with van der Waals surface area (Å²) in [4.78, 5) is 165. The lowest BCUT2D eigenvalue weighted by Crippen LogP contribution is -2.46.